The number of pyridine rings is 1. The van der Waals surface area contributed by atoms with Crippen LogP contribution in [0.1, 0.15) is 22.2 Å². The molecule has 2 amide bonds. The summed E-state index contributed by atoms with van der Waals surface area (Å²) in [5.74, 6) is 0.168. The first-order chi connectivity index (χ1) is 11.6. The number of carbonyl (C=O) groups excluding carboxylic acids is 2. The van der Waals surface area contributed by atoms with E-state index >= 15 is 0 Å². The molecule has 0 N–H and O–H groups in total. The van der Waals surface area contributed by atoms with Crippen molar-refractivity contribution in [3.05, 3.63) is 52.5 Å². The van der Waals surface area contributed by atoms with Gasteiger partial charge >= 0.3 is 0 Å². The van der Waals surface area contributed by atoms with Crippen LogP contribution in [0.5, 0.6) is 0 Å². The highest BCUT2D eigenvalue weighted by Crippen LogP contribution is 2.17. The Hall–Kier alpha value is -2.21. The fraction of sp³-hybridized carbons (Fsp3) is 0.389. The van der Waals surface area contributed by atoms with Crippen LogP contribution in [0.2, 0.25) is 0 Å². The summed E-state index contributed by atoms with van der Waals surface area (Å²) in [7, 11) is 0. The number of hydrogen-bond donors (Lipinski definition) is 0. The number of nitrogens with zero attached hydrogens (tertiary/aromatic N) is 3. The summed E-state index contributed by atoms with van der Waals surface area (Å²) in [6, 6.07) is 7.53. The predicted molar refractivity (Wildman–Crippen MR) is 93.9 cm³/mol. The number of aromatic nitrogens is 1. The van der Waals surface area contributed by atoms with Crippen molar-refractivity contribution in [3.63, 3.8) is 0 Å². The molecule has 2 aromatic heterocycles. The van der Waals surface area contributed by atoms with Crippen LogP contribution in [0.3, 0.4) is 0 Å². The average Bonchev–Trinajstić information content (AvgIpc) is 3.14. The zero-order chi connectivity index (χ0) is 16.9. The van der Waals surface area contributed by atoms with E-state index < -0.39 is 0 Å². The summed E-state index contributed by atoms with van der Waals surface area (Å²) in [6.45, 7) is 4.35. The third kappa shape index (κ3) is 3.82. The molecule has 0 saturated carbocycles. The molecule has 0 aliphatic carbocycles. The van der Waals surface area contributed by atoms with Crippen LogP contribution < -0.4 is 0 Å². The minimum atomic E-state index is -0.0221. The molecule has 0 bridgehead atoms. The van der Waals surface area contributed by atoms with E-state index in [2.05, 4.69) is 11.1 Å². The quantitative estimate of drug-likeness (QED) is 0.856. The van der Waals surface area contributed by atoms with Gasteiger partial charge in [0.15, 0.2) is 0 Å². The Bertz CT molecular complexity index is 680. The number of carbonyl (C=O) groups is 2. The second kappa shape index (κ2) is 7.57. The zero-order valence-corrected chi connectivity index (χ0v) is 14.5. The first-order valence-corrected chi connectivity index (χ1v) is 9.03. The molecule has 1 fully saturated rings. The lowest BCUT2D eigenvalue weighted by Crippen LogP contribution is -2.51. The van der Waals surface area contributed by atoms with E-state index in [0.29, 0.717) is 31.7 Å². The lowest BCUT2D eigenvalue weighted by molar-refractivity contribution is -0.136. The first-order valence-electron chi connectivity index (χ1n) is 8.15. The van der Waals surface area contributed by atoms with Crippen molar-refractivity contribution in [1.29, 1.82) is 0 Å². The molecule has 126 valence electrons. The number of rotatable bonds is 4. The number of piperazine rings is 1. The molecule has 1 saturated heterocycles. The van der Waals surface area contributed by atoms with Gasteiger partial charge in [0.1, 0.15) is 0 Å². The van der Waals surface area contributed by atoms with Crippen molar-refractivity contribution in [1.82, 2.24) is 14.8 Å². The molecule has 3 heterocycles. The smallest absolute Gasteiger partial charge is 0.254 e. The minimum absolute atomic E-state index is 0.0103. The maximum absolute atomic E-state index is 12.6. The van der Waals surface area contributed by atoms with Gasteiger partial charge in [-0.3, -0.25) is 14.6 Å². The SMILES string of the molecule is CC(Cc1cccs1)C(=O)N1CCN(C(=O)c2ccncc2)CC1. The summed E-state index contributed by atoms with van der Waals surface area (Å²) >= 11 is 1.69. The Balaban J connectivity index is 1.53. The van der Waals surface area contributed by atoms with Gasteiger partial charge in [0.05, 0.1) is 0 Å². The summed E-state index contributed by atoms with van der Waals surface area (Å²) in [4.78, 5) is 33.9. The highest BCUT2D eigenvalue weighted by Gasteiger charge is 2.27. The van der Waals surface area contributed by atoms with Gasteiger partial charge in [-0.15, -0.1) is 11.3 Å². The zero-order valence-electron chi connectivity index (χ0n) is 13.7. The molecule has 1 atom stereocenters. The summed E-state index contributed by atoms with van der Waals surface area (Å²) in [6.07, 6.45) is 4.03. The predicted octanol–water partition coefficient (Wildman–Crippen LogP) is 2.31. The van der Waals surface area contributed by atoms with Crippen LogP contribution >= 0.6 is 11.3 Å². The van der Waals surface area contributed by atoms with Crippen LogP contribution in [0.4, 0.5) is 0 Å². The molecular formula is C18H21N3O2S. The van der Waals surface area contributed by atoms with Crippen LogP contribution in [0, 0.1) is 5.92 Å². The van der Waals surface area contributed by atoms with Gasteiger partial charge < -0.3 is 9.80 Å². The van der Waals surface area contributed by atoms with Gasteiger partial charge in [0.2, 0.25) is 5.91 Å². The first kappa shape index (κ1) is 16.6. The molecule has 5 nitrogen and oxygen atoms in total. The molecule has 1 unspecified atom stereocenters. The average molecular weight is 343 g/mol. The third-order valence-electron chi connectivity index (χ3n) is 4.31. The fourth-order valence-corrected chi connectivity index (χ4v) is 3.77. The van der Waals surface area contributed by atoms with Crippen molar-refractivity contribution >= 4 is 23.2 Å². The van der Waals surface area contributed by atoms with E-state index in [0.717, 1.165) is 6.42 Å². The Morgan fingerprint density at radius 2 is 1.79 bits per heavy atom. The second-order valence-corrected chi connectivity index (χ2v) is 7.07. The number of hydrogen-bond acceptors (Lipinski definition) is 4. The van der Waals surface area contributed by atoms with Gasteiger partial charge in [-0.2, -0.15) is 0 Å². The topological polar surface area (TPSA) is 53.5 Å². The number of thiophene rings is 1. The van der Waals surface area contributed by atoms with Crippen molar-refractivity contribution in [2.24, 2.45) is 5.92 Å². The van der Waals surface area contributed by atoms with Crippen molar-refractivity contribution in [2.75, 3.05) is 26.2 Å². The Morgan fingerprint density at radius 1 is 1.12 bits per heavy atom. The monoisotopic (exact) mass is 343 g/mol. The largest absolute Gasteiger partial charge is 0.339 e. The molecule has 0 radical (unpaired) electrons. The summed E-state index contributed by atoms with van der Waals surface area (Å²) < 4.78 is 0. The molecule has 24 heavy (non-hydrogen) atoms. The van der Waals surface area contributed by atoms with Gasteiger partial charge in [-0.05, 0) is 30.0 Å². The molecule has 1 aliphatic heterocycles. The van der Waals surface area contributed by atoms with Crippen LogP contribution in [0.15, 0.2) is 42.0 Å². The highest BCUT2D eigenvalue weighted by atomic mass is 32.1. The van der Waals surface area contributed by atoms with Gasteiger partial charge in [0, 0.05) is 54.9 Å². The molecule has 6 heteroatoms. The molecule has 3 rings (SSSR count). The van der Waals surface area contributed by atoms with Gasteiger partial charge in [0.25, 0.3) is 5.91 Å². The van der Waals surface area contributed by atoms with Gasteiger partial charge in [-0.25, -0.2) is 0 Å². The van der Waals surface area contributed by atoms with Crippen LogP contribution in [-0.2, 0) is 11.2 Å². The summed E-state index contributed by atoms with van der Waals surface area (Å²) in [5, 5.41) is 2.04. The lowest BCUT2D eigenvalue weighted by Gasteiger charge is -2.36. The maximum Gasteiger partial charge on any atom is 0.254 e. The van der Waals surface area contributed by atoms with Crippen LogP contribution in [-0.4, -0.2) is 52.8 Å². The lowest BCUT2D eigenvalue weighted by atomic mass is 10.0. The van der Waals surface area contributed by atoms with Crippen molar-refractivity contribution in [3.8, 4) is 0 Å². The fourth-order valence-electron chi connectivity index (χ4n) is 2.94. The molecular weight excluding hydrogens is 322 g/mol. The van der Waals surface area contributed by atoms with Gasteiger partial charge in [-0.1, -0.05) is 13.0 Å². The molecule has 0 spiro atoms. The Kier molecular flexibility index (Phi) is 5.25. The van der Waals surface area contributed by atoms with Crippen LogP contribution in [0.25, 0.3) is 0 Å². The van der Waals surface area contributed by atoms with E-state index in [-0.39, 0.29) is 17.7 Å². The normalized spacial score (nSPS) is 16.0. The van der Waals surface area contributed by atoms with E-state index in [1.807, 2.05) is 28.2 Å². The third-order valence-corrected chi connectivity index (χ3v) is 5.21. The van der Waals surface area contributed by atoms with Crippen molar-refractivity contribution in [2.45, 2.75) is 13.3 Å². The van der Waals surface area contributed by atoms with E-state index in [4.69, 9.17) is 0 Å². The molecule has 1 aliphatic rings. The maximum atomic E-state index is 12.6. The minimum Gasteiger partial charge on any atom is -0.339 e. The standard InChI is InChI=1S/C18H21N3O2S/c1-14(13-16-3-2-12-24-16)17(22)20-8-10-21(11-9-20)18(23)15-4-6-19-7-5-15/h2-7,12,14H,8-11,13H2,1H3. The second-order valence-electron chi connectivity index (χ2n) is 6.04. The van der Waals surface area contributed by atoms with E-state index in [9.17, 15) is 9.59 Å². The Labute approximate surface area is 145 Å². The van der Waals surface area contributed by atoms with E-state index in [1.165, 1.54) is 4.88 Å². The summed E-state index contributed by atoms with van der Waals surface area (Å²) in [5.41, 5.74) is 0.649. The highest BCUT2D eigenvalue weighted by molar-refractivity contribution is 7.09. The molecule has 2 aromatic rings. The van der Waals surface area contributed by atoms with E-state index in [1.54, 1.807) is 35.9 Å². The Morgan fingerprint density at radius 3 is 2.42 bits per heavy atom. The molecule has 0 aromatic carbocycles. The number of amides is 2. The van der Waals surface area contributed by atoms with Crippen molar-refractivity contribution < 1.29 is 9.59 Å².